The molecule has 1 aromatic carbocycles. The van der Waals surface area contributed by atoms with Crippen LogP contribution in [-0.4, -0.2) is 66.8 Å². The van der Waals surface area contributed by atoms with E-state index in [1.54, 1.807) is 0 Å². The van der Waals surface area contributed by atoms with Gasteiger partial charge in [0.25, 0.3) is 0 Å². The fourth-order valence-corrected chi connectivity index (χ4v) is 7.42. The van der Waals surface area contributed by atoms with Crippen LogP contribution >= 0.6 is 0 Å². The minimum Gasteiger partial charge on any atom is -0.462 e. The van der Waals surface area contributed by atoms with Gasteiger partial charge in [0.15, 0.2) is 0 Å². The van der Waals surface area contributed by atoms with Crippen LogP contribution in [0, 0.1) is 23.2 Å². The van der Waals surface area contributed by atoms with Gasteiger partial charge in [-0.3, -0.25) is 14.6 Å². The number of esters is 1. The Labute approximate surface area is 186 Å². The van der Waals surface area contributed by atoms with Gasteiger partial charge in [-0.1, -0.05) is 37.3 Å². The molecule has 6 rings (SSSR count). The quantitative estimate of drug-likeness (QED) is 0.548. The Kier molecular flexibility index (Phi) is 4.93. The standard InChI is InChI=1S/C26H36N2O3/c1-25-8-5-9-26(18-30-26)23(25)14-20-21(24(29)31-22(20)15-25)17-28-12-10-27(11-13-28)16-19-6-3-2-4-7-19/h2-4,6-7,20-23H,5,8-18H2,1H3/t20-,21+,22+,23-,25+,26+/m0/s1. The average molecular weight is 425 g/mol. The lowest BCUT2D eigenvalue weighted by Gasteiger charge is -2.51. The molecule has 0 radical (unpaired) electrons. The fourth-order valence-electron chi connectivity index (χ4n) is 7.42. The molecule has 3 saturated heterocycles. The Morgan fingerprint density at radius 2 is 1.81 bits per heavy atom. The van der Waals surface area contributed by atoms with Crippen molar-refractivity contribution in [2.75, 3.05) is 39.3 Å². The zero-order chi connectivity index (χ0) is 21.1. The molecule has 0 unspecified atom stereocenters. The summed E-state index contributed by atoms with van der Waals surface area (Å²) in [6.07, 6.45) is 6.03. The number of hydrogen-bond donors (Lipinski definition) is 0. The summed E-state index contributed by atoms with van der Waals surface area (Å²) >= 11 is 0. The van der Waals surface area contributed by atoms with Crippen molar-refractivity contribution >= 4 is 5.97 Å². The Morgan fingerprint density at radius 3 is 2.55 bits per heavy atom. The molecule has 2 aliphatic carbocycles. The van der Waals surface area contributed by atoms with Gasteiger partial charge in [-0.05, 0) is 49.0 Å². The zero-order valence-electron chi connectivity index (χ0n) is 18.8. The van der Waals surface area contributed by atoms with Gasteiger partial charge in [0.05, 0.1) is 18.1 Å². The van der Waals surface area contributed by atoms with Crippen LogP contribution in [0.5, 0.6) is 0 Å². The minimum atomic E-state index is 0.0490. The van der Waals surface area contributed by atoms with Crippen LogP contribution in [0.25, 0.3) is 0 Å². The molecule has 5 fully saturated rings. The van der Waals surface area contributed by atoms with Crippen molar-refractivity contribution in [3.8, 4) is 0 Å². The second-order valence-corrected chi connectivity index (χ2v) is 11.2. The molecule has 5 heteroatoms. The molecule has 5 nitrogen and oxygen atoms in total. The van der Waals surface area contributed by atoms with Crippen molar-refractivity contribution in [2.24, 2.45) is 23.2 Å². The number of benzene rings is 1. The van der Waals surface area contributed by atoms with Gasteiger partial charge in [-0.2, -0.15) is 0 Å². The van der Waals surface area contributed by atoms with Gasteiger partial charge < -0.3 is 9.47 Å². The fraction of sp³-hybridized carbons (Fsp3) is 0.731. The van der Waals surface area contributed by atoms with Crippen LogP contribution in [0.15, 0.2) is 30.3 Å². The van der Waals surface area contributed by atoms with Crippen LogP contribution in [-0.2, 0) is 20.8 Å². The lowest BCUT2D eigenvalue weighted by atomic mass is 9.53. The van der Waals surface area contributed by atoms with E-state index in [1.165, 1.54) is 24.8 Å². The number of hydrogen-bond acceptors (Lipinski definition) is 5. The Hall–Kier alpha value is -1.43. The van der Waals surface area contributed by atoms with Gasteiger partial charge in [0.1, 0.15) is 6.10 Å². The number of carbonyl (C=O) groups is 1. The first-order valence-corrected chi connectivity index (χ1v) is 12.4. The van der Waals surface area contributed by atoms with Crippen molar-refractivity contribution in [3.05, 3.63) is 35.9 Å². The number of carbonyl (C=O) groups excluding carboxylic acids is 1. The number of fused-ring (bicyclic) bond motifs is 3. The minimum absolute atomic E-state index is 0.0490. The molecule has 0 aromatic heterocycles. The second kappa shape index (κ2) is 7.57. The molecule has 0 N–H and O–H groups in total. The Bertz CT molecular complexity index is 817. The van der Waals surface area contributed by atoms with Crippen molar-refractivity contribution < 1.29 is 14.3 Å². The molecule has 0 amide bonds. The molecule has 1 spiro atoms. The van der Waals surface area contributed by atoms with E-state index < -0.39 is 0 Å². The molecule has 3 heterocycles. The van der Waals surface area contributed by atoms with E-state index in [-0.39, 0.29) is 29.0 Å². The third kappa shape index (κ3) is 3.63. The SMILES string of the molecule is C[C@]12CCC[C@@]3(CO3)[C@H]1C[C@@H]1[C@@H](C2)OC(=O)[C@@H]1CN1CCN(Cc2ccccc2)CC1. The molecule has 6 atom stereocenters. The summed E-state index contributed by atoms with van der Waals surface area (Å²) in [4.78, 5) is 18.0. The predicted molar refractivity (Wildman–Crippen MR) is 118 cm³/mol. The highest BCUT2D eigenvalue weighted by molar-refractivity contribution is 5.75. The first kappa shape index (κ1) is 20.2. The summed E-state index contributed by atoms with van der Waals surface area (Å²) < 4.78 is 12.1. The third-order valence-electron chi connectivity index (χ3n) is 9.25. The molecule has 168 valence electrons. The summed E-state index contributed by atoms with van der Waals surface area (Å²) in [5.41, 5.74) is 1.80. The Balaban J connectivity index is 1.08. The summed E-state index contributed by atoms with van der Waals surface area (Å²) in [6.45, 7) is 9.50. The highest BCUT2D eigenvalue weighted by Gasteiger charge is 2.65. The van der Waals surface area contributed by atoms with Crippen LogP contribution in [0.1, 0.15) is 44.6 Å². The molecule has 1 aromatic rings. The van der Waals surface area contributed by atoms with E-state index in [4.69, 9.17) is 9.47 Å². The number of epoxide rings is 1. The summed E-state index contributed by atoms with van der Waals surface area (Å²) in [5.74, 6) is 1.10. The van der Waals surface area contributed by atoms with Crippen molar-refractivity contribution in [2.45, 2.75) is 57.3 Å². The topological polar surface area (TPSA) is 45.3 Å². The van der Waals surface area contributed by atoms with E-state index >= 15 is 0 Å². The number of rotatable bonds is 4. The van der Waals surface area contributed by atoms with Gasteiger partial charge in [-0.15, -0.1) is 0 Å². The van der Waals surface area contributed by atoms with Crippen LogP contribution in [0.2, 0.25) is 0 Å². The van der Waals surface area contributed by atoms with Crippen molar-refractivity contribution in [1.29, 1.82) is 0 Å². The van der Waals surface area contributed by atoms with Gasteiger partial charge >= 0.3 is 5.97 Å². The Morgan fingerprint density at radius 1 is 1.06 bits per heavy atom. The predicted octanol–water partition coefficient (Wildman–Crippen LogP) is 3.33. The lowest BCUT2D eigenvalue weighted by molar-refractivity contribution is -0.147. The van der Waals surface area contributed by atoms with E-state index in [2.05, 4.69) is 47.1 Å². The number of ether oxygens (including phenoxy) is 2. The maximum atomic E-state index is 12.9. The normalized spacial score (nSPS) is 42.8. The molecule has 31 heavy (non-hydrogen) atoms. The molecular weight excluding hydrogens is 388 g/mol. The van der Waals surface area contributed by atoms with Crippen LogP contribution < -0.4 is 0 Å². The average Bonchev–Trinajstić information content (AvgIpc) is 3.47. The smallest absolute Gasteiger partial charge is 0.310 e. The van der Waals surface area contributed by atoms with Crippen LogP contribution in [0.3, 0.4) is 0 Å². The monoisotopic (exact) mass is 424 g/mol. The maximum Gasteiger partial charge on any atom is 0.310 e. The first-order chi connectivity index (χ1) is 15.0. The summed E-state index contributed by atoms with van der Waals surface area (Å²) in [7, 11) is 0. The number of piperazine rings is 1. The van der Waals surface area contributed by atoms with E-state index in [0.717, 1.165) is 58.7 Å². The molecular formula is C26H36N2O3. The lowest BCUT2D eigenvalue weighted by Crippen LogP contribution is -2.52. The highest BCUT2D eigenvalue weighted by Crippen LogP contribution is 2.62. The first-order valence-electron chi connectivity index (χ1n) is 12.4. The number of nitrogens with zero attached hydrogens (tertiary/aromatic N) is 2. The summed E-state index contributed by atoms with van der Waals surface area (Å²) in [6, 6.07) is 10.7. The van der Waals surface area contributed by atoms with Crippen molar-refractivity contribution in [1.82, 2.24) is 9.80 Å². The molecule has 5 aliphatic rings. The van der Waals surface area contributed by atoms with Gasteiger partial charge in [-0.25, -0.2) is 0 Å². The van der Waals surface area contributed by atoms with Gasteiger partial charge in [0.2, 0.25) is 0 Å². The van der Waals surface area contributed by atoms with Gasteiger partial charge in [0, 0.05) is 45.2 Å². The largest absolute Gasteiger partial charge is 0.462 e. The highest BCUT2D eigenvalue weighted by atomic mass is 16.6. The third-order valence-corrected chi connectivity index (χ3v) is 9.25. The molecule has 0 bridgehead atoms. The zero-order valence-corrected chi connectivity index (χ0v) is 18.8. The van der Waals surface area contributed by atoms with Crippen LogP contribution in [0.4, 0.5) is 0 Å². The maximum absolute atomic E-state index is 12.9. The molecule has 2 saturated carbocycles. The van der Waals surface area contributed by atoms with E-state index in [0.29, 0.717) is 11.8 Å². The second-order valence-electron chi connectivity index (χ2n) is 11.2. The van der Waals surface area contributed by atoms with E-state index in [9.17, 15) is 4.79 Å². The van der Waals surface area contributed by atoms with Crippen molar-refractivity contribution in [3.63, 3.8) is 0 Å². The molecule has 3 aliphatic heterocycles. The summed E-state index contributed by atoms with van der Waals surface area (Å²) in [5, 5.41) is 0. The van der Waals surface area contributed by atoms with E-state index in [1.807, 2.05) is 0 Å².